The topological polar surface area (TPSA) is 60.4 Å². The van der Waals surface area contributed by atoms with E-state index in [1.54, 1.807) is 18.2 Å². The second kappa shape index (κ2) is 4.34. The van der Waals surface area contributed by atoms with Crippen LogP contribution in [0.15, 0.2) is 18.2 Å². The highest BCUT2D eigenvalue weighted by atomic mass is 32.2. The Morgan fingerprint density at radius 1 is 1.37 bits per heavy atom. The summed E-state index contributed by atoms with van der Waals surface area (Å²) in [7, 11) is -3.37. The van der Waals surface area contributed by atoms with Crippen LogP contribution in [0, 0.1) is 0 Å². The number of carbonyl (C=O) groups excluding carboxylic acids is 1. The summed E-state index contributed by atoms with van der Waals surface area (Å²) in [6.07, 6.45) is 1.80. The van der Waals surface area contributed by atoms with E-state index in [4.69, 9.17) is 4.74 Å². The predicted molar refractivity (Wildman–Crippen MR) is 73.5 cm³/mol. The average molecular weight is 282 g/mol. The fraction of sp³-hybridized carbons (Fsp3) is 0.500. The largest absolute Gasteiger partial charge is 0.487 e. The molecular formula is C14H18O4S. The number of hydrogen-bond acceptors (Lipinski definition) is 4. The number of benzene rings is 1. The van der Waals surface area contributed by atoms with E-state index in [0.29, 0.717) is 5.56 Å². The normalized spacial score (nSPS) is 18.5. The van der Waals surface area contributed by atoms with E-state index >= 15 is 0 Å². The zero-order valence-electron chi connectivity index (χ0n) is 11.6. The molecule has 1 atom stereocenters. The Morgan fingerprint density at radius 3 is 2.58 bits per heavy atom. The van der Waals surface area contributed by atoms with Gasteiger partial charge in [0.25, 0.3) is 0 Å². The summed E-state index contributed by atoms with van der Waals surface area (Å²) in [6.45, 7) is 5.38. The van der Waals surface area contributed by atoms with Crippen molar-refractivity contribution >= 4 is 15.6 Å². The van der Waals surface area contributed by atoms with Gasteiger partial charge in [-0.05, 0) is 44.5 Å². The minimum absolute atomic E-state index is 0.271. The van der Waals surface area contributed by atoms with Crippen LogP contribution in [0.4, 0.5) is 0 Å². The van der Waals surface area contributed by atoms with Crippen LogP contribution in [0.3, 0.4) is 0 Å². The maximum atomic E-state index is 12.1. The summed E-state index contributed by atoms with van der Waals surface area (Å²) >= 11 is 0. The van der Waals surface area contributed by atoms with Crippen molar-refractivity contribution in [3.05, 3.63) is 29.3 Å². The number of hydrogen-bond donors (Lipinski definition) is 0. The Morgan fingerprint density at radius 2 is 2.00 bits per heavy atom. The van der Waals surface area contributed by atoms with Gasteiger partial charge in [0.2, 0.25) is 0 Å². The number of ether oxygens (including phenoxy) is 1. The van der Waals surface area contributed by atoms with Gasteiger partial charge < -0.3 is 4.74 Å². The van der Waals surface area contributed by atoms with Gasteiger partial charge in [0, 0.05) is 18.2 Å². The zero-order chi connectivity index (χ0) is 14.4. The number of Topliss-reactive ketones (excluding diaryl/α,β-unsaturated/α-hetero) is 1. The maximum Gasteiger partial charge on any atom is 0.180 e. The van der Waals surface area contributed by atoms with Gasteiger partial charge in [-0.25, -0.2) is 8.42 Å². The molecule has 1 aromatic carbocycles. The van der Waals surface area contributed by atoms with Crippen molar-refractivity contribution in [1.82, 2.24) is 0 Å². The van der Waals surface area contributed by atoms with Gasteiger partial charge >= 0.3 is 0 Å². The molecule has 0 saturated heterocycles. The number of ketones is 1. The van der Waals surface area contributed by atoms with E-state index in [2.05, 4.69) is 0 Å². The van der Waals surface area contributed by atoms with Crippen LogP contribution in [-0.4, -0.2) is 31.3 Å². The third-order valence-corrected chi connectivity index (χ3v) is 4.86. The number of sulfone groups is 1. The molecule has 0 N–H and O–H groups in total. The fourth-order valence-electron chi connectivity index (χ4n) is 2.19. The monoisotopic (exact) mass is 282 g/mol. The molecule has 5 heteroatoms. The molecule has 1 aliphatic rings. The van der Waals surface area contributed by atoms with Crippen LogP contribution in [0.25, 0.3) is 0 Å². The molecule has 1 heterocycles. The molecular weight excluding hydrogens is 264 g/mol. The molecule has 0 bridgehead atoms. The third-order valence-electron chi connectivity index (χ3n) is 3.36. The van der Waals surface area contributed by atoms with Crippen molar-refractivity contribution in [2.45, 2.75) is 38.0 Å². The lowest BCUT2D eigenvalue weighted by molar-refractivity contribution is 0.0991. The molecule has 0 saturated carbocycles. The lowest BCUT2D eigenvalue weighted by atomic mass is 9.98. The minimum Gasteiger partial charge on any atom is -0.487 e. The summed E-state index contributed by atoms with van der Waals surface area (Å²) in [5.41, 5.74) is 1.11. The molecule has 1 aliphatic heterocycles. The third kappa shape index (κ3) is 2.81. The molecule has 1 aromatic rings. The lowest BCUT2D eigenvalue weighted by Crippen LogP contribution is -2.26. The Balaban J connectivity index is 2.33. The molecule has 0 aliphatic carbocycles. The van der Waals surface area contributed by atoms with Crippen LogP contribution < -0.4 is 4.74 Å². The number of fused-ring (bicyclic) bond motifs is 1. The maximum absolute atomic E-state index is 12.1. The Kier molecular flexibility index (Phi) is 3.21. The van der Waals surface area contributed by atoms with Crippen molar-refractivity contribution in [1.29, 1.82) is 0 Å². The van der Waals surface area contributed by atoms with Crippen molar-refractivity contribution in [2.24, 2.45) is 0 Å². The smallest absolute Gasteiger partial charge is 0.180 e. The predicted octanol–water partition coefficient (Wildman–Crippen LogP) is 2.02. The molecule has 0 aromatic heterocycles. The first-order chi connectivity index (χ1) is 8.60. The SMILES string of the molecule is CC(C(=O)c1ccc2c(c1)CC(C)(C)O2)S(C)(=O)=O. The average Bonchev–Trinajstić information content (AvgIpc) is 2.58. The molecule has 2 rings (SSSR count). The van der Waals surface area contributed by atoms with E-state index in [1.807, 2.05) is 13.8 Å². The van der Waals surface area contributed by atoms with Crippen molar-refractivity contribution < 1.29 is 17.9 Å². The van der Waals surface area contributed by atoms with Crippen LogP contribution in [0.2, 0.25) is 0 Å². The van der Waals surface area contributed by atoms with Crippen LogP contribution in [0.1, 0.15) is 36.7 Å². The number of rotatable bonds is 3. The van der Waals surface area contributed by atoms with Crippen molar-refractivity contribution in [3.63, 3.8) is 0 Å². The van der Waals surface area contributed by atoms with Gasteiger partial charge in [0.05, 0.1) is 0 Å². The van der Waals surface area contributed by atoms with Crippen LogP contribution in [0.5, 0.6) is 5.75 Å². The van der Waals surface area contributed by atoms with Gasteiger partial charge in [-0.15, -0.1) is 0 Å². The molecule has 104 valence electrons. The second-order valence-corrected chi connectivity index (χ2v) is 8.06. The highest BCUT2D eigenvalue weighted by molar-refractivity contribution is 7.92. The quantitative estimate of drug-likeness (QED) is 0.796. The second-order valence-electron chi connectivity index (χ2n) is 5.70. The van der Waals surface area contributed by atoms with Gasteiger partial charge in [-0.3, -0.25) is 4.79 Å². The summed E-state index contributed by atoms with van der Waals surface area (Å²) in [4.78, 5) is 12.1. The standard InChI is InChI=1S/C14H18O4S/c1-9(19(4,16)17)13(15)10-5-6-12-11(7-10)8-14(2,3)18-12/h5-7,9H,8H2,1-4H3. The Labute approximate surface area is 113 Å². The van der Waals surface area contributed by atoms with E-state index in [0.717, 1.165) is 24.0 Å². The highest BCUT2D eigenvalue weighted by Crippen LogP contribution is 2.35. The van der Waals surface area contributed by atoms with Gasteiger partial charge in [0.1, 0.15) is 16.6 Å². The first-order valence-electron chi connectivity index (χ1n) is 6.15. The van der Waals surface area contributed by atoms with Crippen LogP contribution in [-0.2, 0) is 16.3 Å². The molecule has 19 heavy (non-hydrogen) atoms. The molecule has 0 fully saturated rings. The van der Waals surface area contributed by atoms with Crippen molar-refractivity contribution in [2.75, 3.05) is 6.26 Å². The summed E-state index contributed by atoms with van der Waals surface area (Å²) in [6, 6.07) is 5.12. The van der Waals surface area contributed by atoms with Crippen molar-refractivity contribution in [3.8, 4) is 5.75 Å². The molecule has 4 nitrogen and oxygen atoms in total. The van der Waals surface area contributed by atoms with Gasteiger partial charge in [-0.1, -0.05) is 0 Å². The molecule has 1 unspecified atom stereocenters. The van der Waals surface area contributed by atoms with Gasteiger partial charge in [-0.2, -0.15) is 0 Å². The Hall–Kier alpha value is -1.36. The first kappa shape index (κ1) is 14.1. The van der Waals surface area contributed by atoms with Gasteiger partial charge in [0.15, 0.2) is 15.6 Å². The van der Waals surface area contributed by atoms with E-state index in [-0.39, 0.29) is 11.4 Å². The van der Waals surface area contributed by atoms with E-state index < -0.39 is 15.1 Å². The highest BCUT2D eigenvalue weighted by Gasteiger charge is 2.31. The first-order valence-corrected chi connectivity index (χ1v) is 8.11. The number of carbonyl (C=O) groups is 1. The summed E-state index contributed by atoms with van der Waals surface area (Å²) in [5.74, 6) is 0.406. The molecule has 0 spiro atoms. The Bertz CT molecular complexity index is 629. The lowest BCUT2D eigenvalue weighted by Gasteiger charge is -2.16. The van der Waals surface area contributed by atoms with E-state index in [9.17, 15) is 13.2 Å². The summed E-state index contributed by atoms with van der Waals surface area (Å²) in [5, 5.41) is -1.01. The summed E-state index contributed by atoms with van der Waals surface area (Å²) < 4.78 is 28.6. The fourth-order valence-corrected chi connectivity index (χ4v) is 2.72. The van der Waals surface area contributed by atoms with E-state index in [1.165, 1.54) is 6.92 Å². The molecule has 0 amide bonds. The van der Waals surface area contributed by atoms with Crippen LogP contribution >= 0.6 is 0 Å². The minimum atomic E-state index is -3.37. The molecule has 0 radical (unpaired) electrons. The zero-order valence-corrected chi connectivity index (χ0v) is 12.4.